The van der Waals surface area contributed by atoms with Gasteiger partial charge in [0.1, 0.15) is 11.5 Å². The van der Waals surface area contributed by atoms with Gasteiger partial charge in [0.05, 0.1) is 19.7 Å². The third-order valence-electron chi connectivity index (χ3n) is 7.84. The largest absolute Gasteiger partial charge is 0.497 e. The molecule has 0 aliphatic carbocycles. The average molecular weight is 505 g/mol. The van der Waals surface area contributed by atoms with Crippen LogP contribution in [0.3, 0.4) is 0 Å². The number of aryl methyl sites for hydroxylation is 2. The Morgan fingerprint density at radius 2 is 1.84 bits per heavy atom. The Kier molecular flexibility index (Phi) is 9.78. The Morgan fingerprint density at radius 1 is 1.00 bits per heavy atom. The van der Waals surface area contributed by atoms with Gasteiger partial charge in [-0.25, -0.2) is 0 Å². The molecular weight excluding hydrogens is 464 g/mol. The van der Waals surface area contributed by atoms with Crippen molar-refractivity contribution in [2.75, 3.05) is 33.9 Å². The summed E-state index contributed by atoms with van der Waals surface area (Å²) in [6, 6.07) is 16.5. The number of piperidine rings is 1. The van der Waals surface area contributed by atoms with Crippen LogP contribution in [0.2, 0.25) is 0 Å². The smallest absolute Gasteiger partial charge is 0.303 e. The number of pyridine rings is 1. The minimum Gasteiger partial charge on any atom is -0.497 e. The molecule has 3 aromatic rings. The first kappa shape index (κ1) is 26.9. The molecule has 4 rings (SSSR count). The van der Waals surface area contributed by atoms with Crippen LogP contribution in [-0.4, -0.2) is 54.8 Å². The van der Waals surface area contributed by atoms with Crippen molar-refractivity contribution in [3.05, 3.63) is 65.9 Å². The van der Waals surface area contributed by atoms with Gasteiger partial charge in [0.2, 0.25) is 0 Å². The molecule has 0 spiro atoms. The number of benzene rings is 2. The summed E-state index contributed by atoms with van der Waals surface area (Å²) >= 11 is 0. The number of carboxylic acids is 1. The summed E-state index contributed by atoms with van der Waals surface area (Å²) in [6.07, 6.45) is 9.42. The molecule has 2 aromatic carbocycles. The monoisotopic (exact) mass is 504 g/mol. The molecule has 6 nitrogen and oxygen atoms in total. The summed E-state index contributed by atoms with van der Waals surface area (Å²) in [5.74, 6) is 2.10. The number of carbonyl (C=O) groups is 1. The fourth-order valence-electron chi connectivity index (χ4n) is 5.79. The summed E-state index contributed by atoms with van der Waals surface area (Å²) in [6.45, 7) is 3.16. The summed E-state index contributed by atoms with van der Waals surface area (Å²) in [7, 11) is 3.40. The number of nitrogens with zero attached hydrogens (tertiary/aromatic N) is 2. The fourth-order valence-corrected chi connectivity index (χ4v) is 5.79. The van der Waals surface area contributed by atoms with Crippen molar-refractivity contribution in [2.45, 2.75) is 51.4 Å². The first-order valence-corrected chi connectivity index (χ1v) is 13.5. The fraction of sp³-hybridized carbons (Fsp3) is 0.484. The summed E-state index contributed by atoms with van der Waals surface area (Å²) in [5, 5.41) is 10.5. The van der Waals surface area contributed by atoms with Crippen LogP contribution in [0.1, 0.15) is 49.7 Å². The maximum absolute atomic E-state index is 11.3. The van der Waals surface area contributed by atoms with Crippen molar-refractivity contribution >= 4 is 16.9 Å². The summed E-state index contributed by atoms with van der Waals surface area (Å²) in [4.78, 5) is 18.4. The van der Waals surface area contributed by atoms with Crippen LogP contribution in [-0.2, 0) is 17.6 Å². The van der Waals surface area contributed by atoms with E-state index in [9.17, 15) is 9.90 Å². The molecule has 1 aliphatic rings. The molecule has 0 bridgehead atoms. The molecule has 1 aliphatic heterocycles. The number of fused-ring (bicyclic) bond motifs is 1. The minimum atomic E-state index is -0.689. The molecule has 0 saturated carbocycles. The highest BCUT2D eigenvalue weighted by Crippen LogP contribution is 2.32. The van der Waals surface area contributed by atoms with Crippen LogP contribution in [0.5, 0.6) is 11.5 Å². The van der Waals surface area contributed by atoms with Crippen molar-refractivity contribution in [1.29, 1.82) is 0 Å². The third-order valence-corrected chi connectivity index (χ3v) is 7.84. The third kappa shape index (κ3) is 7.68. The lowest BCUT2D eigenvalue weighted by molar-refractivity contribution is -0.137. The summed E-state index contributed by atoms with van der Waals surface area (Å²) < 4.78 is 10.8. The van der Waals surface area contributed by atoms with Crippen molar-refractivity contribution in [1.82, 2.24) is 9.88 Å². The predicted molar refractivity (Wildman–Crippen MR) is 147 cm³/mol. The van der Waals surface area contributed by atoms with Gasteiger partial charge in [-0.15, -0.1) is 0 Å². The number of aromatic nitrogens is 1. The van der Waals surface area contributed by atoms with E-state index >= 15 is 0 Å². The van der Waals surface area contributed by atoms with Crippen LogP contribution >= 0.6 is 0 Å². The second-order valence-electron chi connectivity index (χ2n) is 10.2. The van der Waals surface area contributed by atoms with Crippen LogP contribution in [0.4, 0.5) is 0 Å². The maximum atomic E-state index is 11.3. The average Bonchev–Trinajstić information content (AvgIpc) is 2.92. The van der Waals surface area contributed by atoms with Crippen molar-refractivity contribution < 1.29 is 19.4 Å². The quantitative estimate of drug-likeness (QED) is 0.307. The van der Waals surface area contributed by atoms with Gasteiger partial charge in [0.15, 0.2) is 0 Å². The lowest BCUT2D eigenvalue weighted by Gasteiger charge is -2.39. The molecule has 1 aromatic heterocycles. The molecule has 1 fully saturated rings. The molecule has 6 heteroatoms. The van der Waals surface area contributed by atoms with E-state index in [0.29, 0.717) is 11.8 Å². The van der Waals surface area contributed by atoms with Crippen molar-refractivity contribution in [3.8, 4) is 11.5 Å². The highest BCUT2D eigenvalue weighted by molar-refractivity contribution is 5.83. The number of rotatable bonds is 13. The Labute approximate surface area is 220 Å². The van der Waals surface area contributed by atoms with Crippen LogP contribution in [0.25, 0.3) is 10.9 Å². The molecular formula is C31H40N2O4. The molecule has 1 saturated heterocycles. The lowest BCUT2D eigenvalue weighted by Crippen LogP contribution is -2.41. The molecule has 1 N–H and O–H groups in total. The molecule has 0 unspecified atom stereocenters. The highest BCUT2D eigenvalue weighted by atomic mass is 16.5. The van der Waals surface area contributed by atoms with E-state index in [1.54, 1.807) is 14.2 Å². The normalized spacial score (nSPS) is 18.1. The second-order valence-corrected chi connectivity index (χ2v) is 10.2. The zero-order valence-corrected chi connectivity index (χ0v) is 22.2. The zero-order valence-electron chi connectivity index (χ0n) is 22.2. The zero-order chi connectivity index (χ0) is 26.0. The van der Waals surface area contributed by atoms with Gasteiger partial charge < -0.3 is 19.5 Å². The van der Waals surface area contributed by atoms with Gasteiger partial charge in [-0.1, -0.05) is 12.1 Å². The van der Waals surface area contributed by atoms with E-state index in [1.165, 1.54) is 11.1 Å². The van der Waals surface area contributed by atoms with Crippen LogP contribution in [0, 0.1) is 11.8 Å². The van der Waals surface area contributed by atoms with Crippen molar-refractivity contribution in [2.24, 2.45) is 11.8 Å². The van der Waals surface area contributed by atoms with Crippen molar-refractivity contribution in [3.63, 3.8) is 0 Å². The topological polar surface area (TPSA) is 71.9 Å². The standard InChI is InChI=1S/C31H40N2O4/c1-36-27-10-3-6-23(20-27)7-5-18-33-19-16-24(26(22-33)11-14-31(34)35)8-4-9-25-15-17-32-30-13-12-28(37-2)21-29(25)30/h3,6,10,12-13,15,17,20-21,24,26H,4-5,7-9,11,14,16,18-19,22H2,1-2H3,(H,34,35)/t24-,26+/m1/s1. The second kappa shape index (κ2) is 13.4. The number of likely N-dealkylation sites (tertiary alicyclic amines) is 1. The molecule has 37 heavy (non-hydrogen) atoms. The van der Waals surface area contributed by atoms with Gasteiger partial charge >= 0.3 is 5.97 Å². The van der Waals surface area contributed by atoms with Gasteiger partial charge in [-0.05, 0) is 117 Å². The van der Waals surface area contributed by atoms with Crippen LogP contribution < -0.4 is 9.47 Å². The Balaban J connectivity index is 1.31. The van der Waals surface area contributed by atoms with E-state index in [2.05, 4.69) is 34.1 Å². The number of carboxylic acid groups (broad SMARTS) is 1. The first-order valence-electron chi connectivity index (χ1n) is 13.5. The van der Waals surface area contributed by atoms with E-state index in [4.69, 9.17) is 9.47 Å². The summed E-state index contributed by atoms with van der Waals surface area (Å²) in [5.41, 5.74) is 3.61. The SMILES string of the molecule is COc1cccc(CCCN2CC[C@@H](CCCc3ccnc4ccc(OC)cc34)[C@@H](CCC(=O)O)C2)c1. The van der Waals surface area contributed by atoms with E-state index in [1.807, 2.05) is 30.5 Å². The van der Waals surface area contributed by atoms with Gasteiger partial charge in [-0.3, -0.25) is 9.78 Å². The number of hydrogen-bond acceptors (Lipinski definition) is 5. The molecule has 0 amide bonds. The molecule has 0 radical (unpaired) electrons. The first-order chi connectivity index (χ1) is 18.1. The Morgan fingerprint density at radius 3 is 2.65 bits per heavy atom. The number of hydrogen-bond donors (Lipinski definition) is 1. The lowest BCUT2D eigenvalue weighted by atomic mass is 9.79. The van der Waals surface area contributed by atoms with Gasteiger partial charge in [-0.2, -0.15) is 0 Å². The molecule has 198 valence electrons. The maximum Gasteiger partial charge on any atom is 0.303 e. The molecule has 2 atom stereocenters. The van der Waals surface area contributed by atoms with Gasteiger partial charge in [0, 0.05) is 24.5 Å². The molecule has 2 heterocycles. The Hall–Kier alpha value is -3.12. The number of methoxy groups -OCH3 is 2. The minimum absolute atomic E-state index is 0.258. The van der Waals surface area contributed by atoms with E-state index < -0.39 is 5.97 Å². The van der Waals surface area contributed by atoms with E-state index in [0.717, 1.165) is 87.0 Å². The predicted octanol–water partition coefficient (Wildman–Crippen LogP) is 6.01. The van der Waals surface area contributed by atoms with Crippen LogP contribution in [0.15, 0.2) is 54.7 Å². The Bertz CT molecular complexity index is 1160. The number of aliphatic carboxylic acids is 1. The van der Waals surface area contributed by atoms with Gasteiger partial charge in [0.25, 0.3) is 0 Å². The van der Waals surface area contributed by atoms with E-state index in [-0.39, 0.29) is 6.42 Å². The highest BCUT2D eigenvalue weighted by Gasteiger charge is 2.29. The number of ether oxygens (including phenoxy) is 2.